The smallest absolute Gasteiger partial charge is 0.0000000000000000000447 e. The monoisotopic (exact) mass is 738 g/mol. The minimum Gasteiger partial charge on any atom is -0.690 e. The Morgan fingerprint density at radius 3 is 0.403 bits per heavy atom. The lowest BCUT2D eigenvalue weighted by molar-refractivity contribution is 3.16. The van der Waals surface area contributed by atoms with E-state index in [0.717, 1.165) is 7.06 Å². The van der Waals surface area contributed by atoms with E-state index in [2.05, 4.69) is 0 Å². The lowest BCUT2D eigenvalue weighted by Gasteiger charge is -2.60. The molecule has 0 unspecified atom stereocenters. The van der Waals surface area contributed by atoms with E-state index in [1.807, 2.05) is 0 Å². The van der Waals surface area contributed by atoms with E-state index >= 15 is 0 Å². The molecule has 203 valence electrons. The van der Waals surface area contributed by atoms with Crippen LogP contribution in [0.25, 0.3) is 0 Å². The van der Waals surface area contributed by atoms with Gasteiger partial charge in [-0.25, -0.2) is 6.39 Å². The Morgan fingerprint density at radius 2 is 0.299 bits per heavy atom. The van der Waals surface area contributed by atoms with Crippen molar-refractivity contribution in [2.45, 2.75) is 0 Å². The van der Waals surface area contributed by atoms with Gasteiger partial charge in [0.1, 0.15) is 0 Å². The Labute approximate surface area is 470 Å². The maximum Gasteiger partial charge on any atom is -0.0000000000000000000447 e. The lowest BCUT2D eigenvalue weighted by Crippen LogP contribution is -2.98. The molecule has 0 heterocycles. The average molecular weight is 724 g/mol. The summed E-state index contributed by atoms with van der Waals surface area (Å²) >= 11 is 0. The molecule has 71 radical (unpaired) electrons. The molecule has 67 heavy (non-hydrogen) atoms. The summed E-state index contributed by atoms with van der Waals surface area (Å²) in [4.78, 5) is 0. The number of hydrogen-bond acceptors (Lipinski definition) is 0. The Kier molecular flexibility index (Phi) is 35.1. The molecule has 0 aromatic carbocycles. The zero-order valence-electron chi connectivity index (χ0n) is 38.7. The number of hydrogen-bond donors (Lipinski definition) is 0. The predicted octanol–water partition coefficient (Wildman–Crippen LogP) is -25.5. The van der Waals surface area contributed by atoms with Crippen LogP contribution in [0.3, 0.4) is 0 Å². The minimum atomic E-state index is -1.64. The van der Waals surface area contributed by atoms with Gasteiger partial charge < -0.3 is 15.5 Å². The van der Waals surface area contributed by atoms with E-state index < -0.39 is 204 Å². The van der Waals surface area contributed by atoms with Crippen LogP contribution in [-0.2, 0) is 0 Å². The van der Waals surface area contributed by atoms with Gasteiger partial charge in [-0.15, -0.1) is 0 Å². The van der Waals surface area contributed by atoms with Crippen molar-refractivity contribution >= 4 is 474 Å². The highest BCUT2D eigenvalue weighted by molar-refractivity contribution is 8.39. The highest BCUT2D eigenvalue weighted by Crippen LogP contribution is 2.25. The van der Waals surface area contributed by atoms with Crippen LogP contribution in [0.2, 0.25) is 0 Å². The Morgan fingerprint density at radius 1 is 0.179 bits per heavy atom. The van der Waals surface area contributed by atoms with E-state index in [0.29, 0.717) is 0 Å². The largest absolute Gasteiger partial charge is 0.690 e. The summed E-state index contributed by atoms with van der Waals surface area (Å²) in [7, 11) is 229. The molecule has 0 saturated heterocycles. The van der Waals surface area contributed by atoms with Crippen molar-refractivity contribution in [2.75, 3.05) is 0 Å². The van der Waals surface area contributed by atoms with Gasteiger partial charge in [-0.3, -0.25) is 7.06 Å². The van der Waals surface area contributed by atoms with E-state index in [4.69, 9.17) is 263 Å². The molecular formula is B67-2. The second-order valence-electron chi connectivity index (χ2n) is 18.7. The van der Waals surface area contributed by atoms with Gasteiger partial charge in [-0.05, 0) is 446 Å². The van der Waals surface area contributed by atoms with Crippen molar-refractivity contribution in [1.29, 1.82) is 0 Å². The quantitative estimate of drug-likeness (QED) is 0.0606. The second-order valence-corrected chi connectivity index (χ2v) is 18.7. The second kappa shape index (κ2) is 32.9. The fraction of sp³-hybridized carbons (Fsp3) is 0. The molecule has 0 amide bonds. The summed E-state index contributed by atoms with van der Waals surface area (Å²) in [6.45, 7) is 0. The Balaban J connectivity index is 11.4. The molecule has 0 aliphatic heterocycles. The van der Waals surface area contributed by atoms with Crippen LogP contribution < -0.4 is 0 Å². The van der Waals surface area contributed by atoms with Gasteiger partial charge in [0, 0.05) is 0 Å². The highest BCUT2D eigenvalue weighted by Gasteiger charge is 2.63. The standard InChI is InChI=1S/B67/c1-35-52(34)61(53(36(2)3)37(4)5)65(60(50(30)31)51(32)33)67(64(58(46(22)23)47(24)25)59(48(26)27)49(28)29)66(62(54(38(6)7)39(8)9)55(40(10)11)41(12)13)63(56(42(14)15)43(16)17)57(44(18)19)45(20)21/q-2. The summed E-state index contributed by atoms with van der Waals surface area (Å²) in [5.41, 5.74) is 0. The molecule has 0 fully saturated rings. The van der Waals surface area contributed by atoms with Gasteiger partial charge in [0.2, 0.25) is 0 Å². The molecule has 67 heteroatoms. The van der Waals surface area contributed by atoms with Crippen molar-refractivity contribution in [3.05, 3.63) is 0 Å². The van der Waals surface area contributed by atoms with Crippen molar-refractivity contribution in [3.63, 3.8) is 0 Å². The minimum absolute atomic E-state index is 1.08. The van der Waals surface area contributed by atoms with E-state index in [-0.39, 0.29) is 0 Å². The van der Waals surface area contributed by atoms with Gasteiger partial charge in [-0.1, -0.05) is 0 Å². The zero-order valence-corrected chi connectivity index (χ0v) is 38.7. The predicted molar refractivity (Wildman–Crippen MR) is 386 cm³/mol. The van der Waals surface area contributed by atoms with Crippen LogP contribution in [0, 0.1) is 0 Å². The van der Waals surface area contributed by atoms with Gasteiger partial charge in [-0.2, -0.15) is 0 Å². The van der Waals surface area contributed by atoms with Crippen LogP contribution in [0.5, 0.6) is 0 Å². The third-order valence-electron chi connectivity index (χ3n) is 14.0. The maximum atomic E-state index is 7.06. The maximum absolute atomic E-state index is 7.06. The molecule has 0 aliphatic rings. The van der Waals surface area contributed by atoms with Crippen LogP contribution in [0.4, 0.5) is 0 Å². The molecule has 0 aromatic heterocycles. The third-order valence-corrected chi connectivity index (χ3v) is 14.0. The van der Waals surface area contributed by atoms with Crippen molar-refractivity contribution in [3.8, 4) is 0 Å². The number of rotatable bonds is 32. The lowest BCUT2D eigenvalue weighted by atomic mass is 8.22. The third kappa shape index (κ3) is 19.3. The first kappa shape index (κ1) is 71.4. The first-order valence-corrected chi connectivity index (χ1v) is 22.0. The van der Waals surface area contributed by atoms with Crippen molar-refractivity contribution < 1.29 is 0 Å². The first-order chi connectivity index (χ1) is 30.5. The molecular weight excluding hydrogens is 724 g/mol. The SMILES string of the molecule is [B]B([B])B(B([B])[B])B(B(B([B])[B])B([B])[B])B(B(B(B([B])[B])B([B])[B])B(B([B])[B])B([B])[B])B(B(B(B([B])[B])B([B])[B])B(B([B])[B])B([B])[B])B(B(B([B])[B])B([B])[B])B(B([B])[B][B-])B(B([B])[B])B([B])[B-]. The van der Waals surface area contributed by atoms with Crippen LogP contribution >= 0.6 is 0 Å². The molecule has 0 rings (SSSR count). The molecule has 0 aromatic rings. The Bertz CT molecular complexity index is 1080. The van der Waals surface area contributed by atoms with Gasteiger partial charge in [0.05, 0.1) is 0 Å². The van der Waals surface area contributed by atoms with Gasteiger partial charge in [0.15, 0.2) is 0 Å². The van der Waals surface area contributed by atoms with E-state index in [9.17, 15) is 0 Å². The molecule has 0 nitrogen and oxygen atoms in total. The fourth-order valence-corrected chi connectivity index (χ4v) is 11.7. The topological polar surface area (TPSA) is 0 Å². The first-order valence-electron chi connectivity index (χ1n) is 22.0. The van der Waals surface area contributed by atoms with Gasteiger partial charge >= 0.3 is 0 Å². The molecule has 0 N–H and O–H groups in total. The zero-order chi connectivity index (χ0) is 53.2. The van der Waals surface area contributed by atoms with Crippen LogP contribution in [-0.4, -0.2) is 474 Å². The summed E-state index contributed by atoms with van der Waals surface area (Å²) in [5, 5.41) is 0. The molecule has 0 saturated carbocycles. The van der Waals surface area contributed by atoms with E-state index in [1.54, 1.807) is 0 Å². The van der Waals surface area contributed by atoms with Crippen molar-refractivity contribution in [1.82, 2.24) is 0 Å². The van der Waals surface area contributed by atoms with Crippen molar-refractivity contribution in [2.24, 2.45) is 0 Å². The highest BCUT2D eigenvalue weighted by atomic mass is 13.4. The average Bonchev–Trinajstić information content (AvgIpc) is 3.11. The van der Waals surface area contributed by atoms with Crippen LogP contribution in [0.1, 0.15) is 0 Å². The van der Waals surface area contributed by atoms with E-state index in [1.165, 1.54) is 0 Å². The summed E-state index contributed by atoms with van der Waals surface area (Å²) < 4.78 is 0. The normalized spacial score (nSPS) is 9.76. The molecule has 0 bridgehead atoms. The summed E-state index contributed by atoms with van der Waals surface area (Å²) in [6, 6.07) is 0. The summed E-state index contributed by atoms with van der Waals surface area (Å²) in [5.74, 6) is 0. The molecule has 0 spiro atoms. The fourth-order valence-electron chi connectivity index (χ4n) is 11.7. The van der Waals surface area contributed by atoms with Crippen LogP contribution in [0.15, 0.2) is 0 Å². The summed E-state index contributed by atoms with van der Waals surface area (Å²) in [6.07, 6.45) is -48.0. The van der Waals surface area contributed by atoms with Gasteiger partial charge in [0.25, 0.3) is 0 Å². The molecule has 0 aliphatic carbocycles. The molecule has 0 atom stereocenters. The Hall–Kier alpha value is 4.35.